The highest BCUT2D eigenvalue weighted by Crippen LogP contribution is 2.27. The lowest BCUT2D eigenvalue weighted by molar-refractivity contribution is 0.0525. The van der Waals surface area contributed by atoms with Crippen LogP contribution in [0.25, 0.3) is 11.1 Å². The average molecular weight is 341 g/mol. The molecular weight excluding hydrogens is 318 g/mol. The second kappa shape index (κ2) is 6.70. The van der Waals surface area contributed by atoms with Crippen LogP contribution in [-0.4, -0.2) is 33.8 Å². The zero-order valence-electron chi connectivity index (χ0n) is 14.8. The van der Waals surface area contributed by atoms with Gasteiger partial charge in [0.05, 0.1) is 12.7 Å². The van der Waals surface area contributed by atoms with Crippen LogP contribution in [0.15, 0.2) is 30.6 Å². The van der Waals surface area contributed by atoms with Gasteiger partial charge in [-0.2, -0.15) is 5.10 Å². The van der Waals surface area contributed by atoms with Crippen LogP contribution in [0.1, 0.15) is 43.1 Å². The van der Waals surface area contributed by atoms with E-state index in [1.807, 2.05) is 39.1 Å². The van der Waals surface area contributed by atoms with Gasteiger partial charge in [0.25, 0.3) is 0 Å². The van der Waals surface area contributed by atoms with Crippen molar-refractivity contribution in [1.82, 2.24) is 15.1 Å². The molecule has 6 heteroatoms. The van der Waals surface area contributed by atoms with Crippen molar-refractivity contribution in [3.8, 4) is 11.1 Å². The Hall–Kier alpha value is -2.63. The van der Waals surface area contributed by atoms with Gasteiger partial charge in [-0.15, -0.1) is 0 Å². The van der Waals surface area contributed by atoms with Gasteiger partial charge in [-0.3, -0.25) is 9.48 Å². The van der Waals surface area contributed by atoms with Gasteiger partial charge in [0.1, 0.15) is 5.60 Å². The maximum Gasteiger partial charge on any atom is 0.407 e. The minimum atomic E-state index is -0.502. The molecule has 0 bridgehead atoms. The molecule has 132 valence electrons. The molecule has 1 aromatic heterocycles. The zero-order chi connectivity index (χ0) is 18.0. The van der Waals surface area contributed by atoms with E-state index in [9.17, 15) is 9.59 Å². The zero-order valence-corrected chi connectivity index (χ0v) is 14.8. The van der Waals surface area contributed by atoms with E-state index in [0.29, 0.717) is 19.5 Å². The van der Waals surface area contributed by atoms with Gasteiger partial charge < -0.3 is 10.1 Å². The van der Waals surface area contributed by atoms with Crippen LogP contribution < -0.4 is 5.32 Å². The number of fused-ring (bicyclic) bond motifs is 1. The fourth-order valence-electron chi connectivity index (χ4n) is 2.86. The SMILES string of the molecule is CC(C)(C)OC(=O)NCCn1cc(-c2ccc3c(c2)CCC3=O)cn1. The second-order valence-electron chi connectivity index (χ2n) is 7.22. The van der Waals surface area contributed by atoms with Crippen molar-refractivity contribution in [2.45, 2.75) is 45.8 Å². The lowest BCUT2D eigenvalue weighted by Crippen LogP contribution is -2.34. The van der Waals surface area contributed by atoms with Gasteiger partial charge in [-0.1, -0.05) is 18.2 Å². The molecule has 0 fully saturated rings. The standard InChI is InChI=1S/C19H23N3O3/c1-19(2,3)25-18(24)20-8-9-22-12-15(11-21-22)13-4-6-16-14(10-13)5-7-17(16)23/h4,6,10-12H,5,7-9H2,1-3H3,(H,20,24). The van der Waals surface area contributed by atoms with Gasteiger partial charge in [0.15, 0.2) is 5.78 Å². The van der Waals surface area contributed by atoms with E-state index in [1.165, 1.54) is 0 Å². The first-order valence-electron chi connectivity index (χ1n) is 8.48. The highest BCUT2D eigenvalue weighted by molar-refractivity contribution is 6.00. The number of ether oxygens (including phenoxy) is 1. The maximum absolute atomic E-state index is 11.7. The first-order chi connectivity index (χ1) is 11.8. The Morgan fingerprint density at radius 1 is 1.28 bits per heavy atom. The Kier molecular flexibility index (Phi) is 4.61. The minimum Gasteiger partial charge on any atom is -0.444 e. The fraction of sp³-hybridized carbons (Fsp3) is 0.421. The normalized spacial score (nSPS) is 13.6. The van der Waals surface area contributed by atoms with Crippen LogP contribution >= 0.6 is 0 Å². The molecule has 0 atom stereocenters. The fourth-order valence-corrected chi connectivity index (χ4v) is 2.86. The number of rotatable bonds is 4. The number of hydrogen-bond donors (Lipinski definition) is 1. The van der Waals surface area contributed by atoms with Gasteiger partial charge in [-0.05, 0) is 38.3 Å². The molecular formula is C19H23N3O3. The highest BCUT2D eigenvalue weighted by Gasteiger charge is 2.19. The molecule has 1 aliphatic rings. The number of carbonyl (C=O) groups is 2. The quantitative estimate of drug-likeness (QED) is 0.927. The summed E-state index contributed by atoms with van der Waals surface area (Å²) >= 11 is 0. The predicted molar refractivity (Wildman–Crippen MR) is 94.6 cm³/mol. The summed E-state index contributed by atoms with van der Waals surface area (Å²) in [5.74, 6) is 0.227. The van der Waals surface area contributed by atoms with Crippen LogP contribution in [0, 0.1) is 0 Å². The first-order valence-corrected chi connectivity index (χ1v) is 8.48. The summed E-state index contributed by atoms with van der Waals surface area (Å²) in [6.45, 7) is 6.49. The number of benzene rings is 1. The van der Waals surface area contributed by atoms with Crippen molar-refractivity contribution in [2.24, 2.45) is 0 Å². The number of nitrogens with zero attached hydrogens (tertiary/aromatic N) is 2. The highest BCUT2D eigenvalue weighted by atomic mass is 16.6. The summed E-state index contributed by atoms with van der Waals surface area (Å²) in [7, 11) is 0. The lowest BCUT2D eigenvalue weighted by Gasteiger charge is -2.19. The molecule has 2 aromatic rings. The van der Waals surface area contributed by atoms with Gasteiger partial charge in [-0.25, -0.2) is 4.79 Å². The Balaban J connectivity index is 1.58. The average Bonchev–Trinajstić information content (AvgIpc) is 3.13. The number of aryl methyl sites for hydroxylation is 1. The van der Waals surface area contributed by atoms with E-state index in [0.717, 1.165) is 28.7 Å². The summed E-state index contributed by atoms with van der Waals surface area (Å²) in [6.07, 6.45) is 4.73. The van der Waals surface area contributed by atoms with Crippen LogP contribution in [0.5, 0.6) is 0 Å². The molecule has 25 heavy (non-hydrogen) atoms. The van der Waals surface area contributed by atoms with E-state index in [4.69, 9.17) is 4.74 Å². The summed E-state index contributed by atoms with van der Waals surface area (Å²) < 4.78 is 6.98. The van der Waals surface area contributed by atoms with E-state index in [1.54, 1.807) is 10.9 Å². The van der Waals surface area contributed by atoms with Crippen molar-refractivity contribution in [3.63, 3.8) is 0 Å². The third-order valence-electron chi connectivity index (χ3n) is 4.00. The molecule has 1 aromatic carbocycles. The third kappa shape index (κ3) is 4.26. The van der Waals surface area contributed by atoms with Crippen molar-refractivity contribution in [2.75, 3.05) is 6.54 Å². The molecule has 6 nitrogen and oxygen atoms in total. The number of nitrogens with one attached hydrogen (secondary N) is 1. The van der Waals surface area contributed by atoms with Crippen molar-refractivity contribution in [1.29, 1.82) is 0 Å². The van der Waals surface area contributed by atoms with Crippen molar-refractivity contribution in [3.05, 3.63) is 41.7 Å². The topological polar surface area (TPSA) is 73.2 Å². The molecule has 0 radical (unpaired) electrons. The Morgan fingerprint density at radius 2 is 2.08 bits per heavy atom. The minimum absolute atomic E-state index is 0.227. The summed E-state index contributed by atoms with van der Waals surface area (Å²) in [4.78, 5) is 23.3. The number of carbonyl (C=O) groups excluding carboxylic acids is 2. The molecule has 1 N–H and O–H groups in total. The molecule has 1 aliphatic carbocycles. The molecule has 0 saturated carbocycles. The molecule has 0 aliphatic heterocycles. The molecule has 0 spiro atoms. The number of Topliss-reactive ketones (excluding diaryl/α,β-unsaturated/α-hetero) is 1. The molecule has 1 heterocycles. The number of alkyl carbamates (subject to hydrolysis) is 1. The predicted octanol–water partition coefficient (Wildman–Crippen LogP) is 3.20. The Morgan fingerprint density at radius 3 is 2.84 bits per heavy atom. The van der Waals surface area contributed by atoms with E-state index >= 15 is 0 Å². The van der Waals surface area contributed by atoms with Gasteiger partial charge in [0, 0.05) is 30.3 Å². The van der Waals surface area contributed by atoms with Crippen LogP contribution in [0.4, 0.5) is 4.79 Å². The molecule has 1 amide bonds. The molecule has 3 rings (SSSR count). The Labute approximate surface area is 147 Å². The van der Waals surface area contributed by atoms with Gasteiger partial charge >= 0.3 is 6.09 Å². The number of aromatic nitrogens is 2. The van der Waals surface area contributed by atoms with Crippen LogP contribution in [0.2, 0.25) is 0 Å². The molecule has 0 unspecified atom stereocenters. The monoisotopic (exact) mass is 341 g/mol. The Bertz CT molecular complexity index is 802. The first kappa shape index (κ1) is 17.2. The van der Waals surface area contributed by atoms with Crippen LogP contribution in [0.3, 0.4) is 0 Å². The molecule has 0 saturated heterocycles. The maximum atomic E-state index is 11.7. The summed E-state index contributed by atoms with van der Waals surface area (Å²) in [6, 6.07) is 5.93. The summed E-state index contributed by atoms with van der Waals surface area (Å²) in [5, 5.41) is 7.05. The number of hydrogen-bond acceptors (Lipinski definition) is 4. The van der Waals surface area contributed by atoms with E-state index in [-0.39, 0.29) is 5.78 Å². The van der Waals surface area contributed by atoms with Crippen molar-refractivity contribution >= 4 is 11.9 Å². The number of ketones is 1. The number of amides is 1. The van der Waals surface area contributed by atoms with Crippen molar-refractivity contribution < 1.29 is 14.3 Å². The van der Waals surface area contributed by atoms with E-state index < -0.39 is 11.7 Å². The smallest absolute Gasteiger partial charge is 0.407 e. The van der Waals surface area contributed by atoms with E-state index in [2.05, 4.69) is 16.5 Å². The largest absolute Gasteiger partial charge is 0.444 e. The second-order valence-corrected chi connectivity index (χ2v) is 7.22. The third-order valence-corrected chi connectivity index (χ3v) is 4.00. The van der Waals surface area contributed by atoms with Crippen LogP contribution in [-0.2, 0) is 17.7 Å². The van der Waals surface area contributed by atoms with Gasteiger partial charge in [0.2, 0.25) is 0 Å². The lowest BCUT2D eigenvalue weighted by atomic mass is 10.0. The summed E-state index contributed by atoms with van der Waals surface area (Å²) in [5.41, 5.74) is 3.51.